The van der Waals surface area contributed by atoms with Crippen LogP contribution in [0, 0.1) is 0 Å². The topological polar surface area (TPSA) is 37.4 Å². The molecule has 0 unspecified atom stereocenters. The lowest BCUT2D eigenvalue weighted by molar-refractivity contribution is -0.107. The van der Waals surface area contributed by atoms with Crippen molar-refractivity contribution >= 4 is 33.8 Å². The number of amides is 1. The van der Waals surface area contributed by atoms with Gasteiger partial charge in [0.2, 0.25) is 6.41 Å². The molecule has 0 aliphatic carbocycles. The van der Waals surface area contributed by atoms with Gasteiger partial charge in [-0.05, 0) is 18.2 Å². The average molecular weight is 240 g/mol. The molecule has 0 N–H and O–H groups in total. The van der Waals surface area contributed by atoms with Gasteiger partial charge in [0.05, 0.1) is 12.2 Å². The molecule has 0 saturated heterocycles. The number of hydrogen-bond donors (Lipinski definition) is 0. The molecule has 1 aromatic rings. The van der Waals surface area contributed by atoms with Crippen LogP contribution in [0.3, 0.4) is 0 Å². The molecule has 1 aliphatic heterocycles. The maximum absolute atomic E-state index is 11.4. The predicted molar refractivity (Wildman–Crippen MR) is 51.9 cm³/mol. The molecule has 1 heterocycles. The van der Waals surface area contributed by atoms with E-state index in [0.717, 1.165) is 4.47 Å². The minimum absolute atomic E-state index is 0.0107. The Labute approximate surface area is 83.5 Å². The van der Waals surface area contributed by atoms with Crippen LogP contribution in [0.25, 0.3) is 0 Å². The Morgan fingerprint density at radius 3 is 2.92 bits per heavy atom. The van der Waals surface area contributed by atoms with Crippen LogP contribution < -0.4 is 4.90 Å². The Morgan fingerprint density at radius 2 is 2.23 bits per heavy atom. The second-order valence-corrected chi connectivity index (χ2v) is 3.73. The van der Waals surface area contributed by atoms with Crippen LogP contribution in [-0.2, 0) is 4.79 Å². The third-order valence-electron chi connectivity index (χ3n) is 2.01. The summed E-state index contributed by atoms with van der Waals surface area (Å²) in [7, 11) is 0. The van der Waals surface area contributed by atoms with E-state index >= 15 is 0 Å². The minimum Gasteiger partial charge on any atom is -0.306 e. The number of ketones is 1. The van der Waals surface area contributed by atoms with Crippen molar-refractivity contribution in [3.05, 3.63) is 28.2 Å². The van der Waals surface area contributed by atoms with E-state index in [0.29, 0.717) is 17.7 Å². The summed E-state index contributed by atoms with van der Waals surface area (Å²) in [4.78, 5) is 23.3. The average Bonchev–Trinajstić information content (AvgIpc) is 2.43. The number of halogens is 1. The number of benzene rings is 1. The zero-order valence-electron chi connectivity index (χ0n) is 6.66. The number of nitrogens with zero attached hydrogens (tertiary/aromatic N) is 1. The number of fused-ring (bicyclic) bond motifs is 1. The maximum Gasteiger partial charge on any atom is 0.214 e. The summed E-state index contributed by atoms with van der Waals surface area (Å²) in [6.07, 6.45) is 0.678. The molecule has 0 atom stereocenters. The van der Waals surface area contributed by atoms with Crippen molar-refractivity contribution in [2.24, 2.45) is 0 Å². The molecule has 0 saturated carbocycles. The number of Topliss-reactive ketones (excluding diaryl/α,β-unsaturated/α-hetero) is 1. The molecule has 0 bridgehead atoms. The highest BCUT2D eigenvalue weighted by Gasteiger charge is 2.25. The normalized spacial score (nSPS) is 14.5. The number of rotatable bonds is 1. The highest BCUT2D eigenvalue weighted by molar-refractivity contribution is 9.10. The molecule has 2 rings (SSSR count). The summed E-state index contributed by atoms with van der Waals surface area (Å²) in [5.41, 5.74) is 1.31. The first-order chi connectivity index (χ1) is 6.22. The van der Waals surface area contributed by atoms with Crippen molar-refractivity contribution in [2.45, 2.75) is 0 Å². The van der Waals surface area contributed by atoms with Crippen molar-refractivity contribution in [1.82, 2.24) is 0 Å². The number of anilines is 1. The Balaban J connectivity index is 2.58. The first-order valence-corrected chi connectivity index (χ1v) is 4.56. The van der Waals surface area contributed by atoms with E-state index in [4.69, 9.17) is 0 Å². The van der Waals surface area contributed by atoms with E-state index in [1.807, 2.05) is 6.07 Å². The second-order valence-electron chi connectivity index (χ2n) is 2.82. The van der Waals surface area contributed by atoms with Crippen molar-refractivity contribution < 1.29 is 9.59 Å². The molecule has 0 radical (unpaired) electrons. The predicted octanol–water partition coefficient (Wildman–Crippen LogP) is 1.61. The largest absolute Gasteiger partial charge is 0.306 e. The van der Waals surface area contributed by atoms with Gasteiger partial charge < -0.3 is 4.90 Å². The molecule has 4 heteroatoms. The summed E-state index contributed by atoms with van der Waals surface area (Å²) in [5.74, 6) is -0.0107. The monoisotopic (exact) mass is 239 g/mol. The fraction of sp³-hybridized carbons (Fsp3) is 0.111. The van der Waals surface area contributed by atoms with E-state index in [1.54, 1.807) is 12.1 Å². The van der Waals surface area contributed by atoms with Crippen LogP contribution >= 0.6 is 15.9 Å². The van der Waals surface area contributed by atoms with Crippen LogP contribution in [-0.4, -0.2) is 18.7 Å². The Bertz CT molecular complexity index is 389. The van der Waals surface area contributed by atoms with Gasteiger partial charge >= 0.3 is 0 Å². The highest BCUT2D eigenvalue weighted by atomic mass is 79.9. The molecular weight excluding hydrogens is 234 g/mol. The molecule has 1 amide bonds. The third kappa shape index (κ3) is 1.27. The van der Waals surface area contributed by atoms with E-state index < -0.39 is 0 Å². The summed E-state index contributed by atoms with van der Waals surface area (Å²) in [5, 5.41) is 0. The molecular formula is C9H6BrNO2. The van der Waals surface area contributed by atoms with Gasteiger partial charge in [0.1, 0.15) is 0 Å². The summed E-state index contributed by atoms with van der Waals surface area (Å²) < 4.78 is 0.854. The lowest BCUT2D eigenvalue weighted by atomic mass is 10.1. The van der Waals surface area contributed by atoms with Crippen LogP contribution in [0.1, 0.15) is 10.4 Å². The van der Waals surface area contributed by atoms with Crippen LogP contribution in [0.4, 0.5) is 5.69 Å². The van der Waals surface area contributed by atoms with Gasteiger partial charge in [-0.15, -0.1) is 0 Å². The van der Waals surface area contributed by atoms with Crippen LogP contribution in [0.5, 0.6) is 0 Å². The SMILES string of the molecule is O=CN1CC(=O)c2cc(Br)ccc21. The lowest BCUT2D eigenvalue weighted by Gasteiger charge is -2.07. The number of hydrogen-bond acceptors (Lipinski definition) is 2. The fourth-order valence-electron chi connectivity index (χ4n) is 1.40. The van der Waals surface area contributed by atoms with Crippen molar-refractivity contribution in [1.29, 1.82) is 0 Å². The van der Waals surface area contributed by atoms with Crippen LogP contribution in [0.2, 0.25) is 0 Å². The molecule has 1 aromatic carbocycles. The summed E-state index contributed by atoms with van der Waals surface area (Å²) in [6.45, 7) is 0.162. The lowest BCUT2D eigenvalue weighted by Crippen LogP contribution is -2.19. The van der Waals surface area contributed by atoms with Gasteiger partial charge in [0.25, 0.3) is 0 Å². The van der Waals surface area contributed by atoms with E-state index in [9.17, 15) is 9.59 Å². The highest BCUT2D eigenvalue weighted by Crippen LogP contribution is 2.29. The second kappa shape index (κ2) is 2.96. The standard InChI is InChI=1S/C9H6BrNO2/c10-6-1-2-8-7(3-6)9(13)4-11(8)5-12/h1-3,5H,4H2. The van der Waals surface area contributed by atoms with E-state index in [2.05, 4.69) is 15.9 Å². The van der Waals surface area contributed by atoms with Crippen molar-refractivity contribution in [3.8, 4) is 0 Å². The van der Waals surface area contributed by atoms with E-state index in [1.165, 1.54) is 4.90 Å². The zero-order valence-corrected chi connectivity index (χ0v) is 8.24. The van der Waals surface area contributed by atoms with Gasteiger partial charge in [0.15, 0.2) is 5.78 Å². The van der Waals surface area contributed by atoms with Gasteiger partial charge in [-0.2, -0.15) is 0 Å². The number of carbonyl (C=O) groups is 2. The first kappa shape index (κ1) is 8.44. The van der Waals surface area contributed by atoms with Gasteiger partial charge in [0, 0.05) is 10.0 Å². The van der Waals surface area contributed by atoms with Crippen molar-refractivity contribution in [3.63, 3.8) is 0 Å². The van der Waals surface area contributed by atoms with Gasteiger partial charge in [-0.1, -0.05) is 15.9 Å². The molecule has 0 fully saturated rings. The Hall–Kier alpha value is -1.16. The summed E-state index contributed by atoms with van der Waals surface area (Å²) in [6, 6.07) is 5.31. The van der Waals surface area contributed by atoms with Gasteiger partial charge in [-0.3, -0.25) is 9.59 Å². The molecule has 66 valence electrons. The quantitative estimate of drug-likeness (QED) is 0.699. The minimum atomic E-state index is -0.0107. The van der Waals surface area contributed by atoms with Gasteiger partial charge in [-0.25, -0.2) is 0 Å². The maximum atomic E-state index is 11.4. The number of carbonyl (C=O) groups excluding carboxylic acids is 2. The molecule has 0 aromatic heterocycles. The fourth-order valence-corrected chi connectivity index (χ4v) is 1.76. The smallest absolute Gasteiger partial charge is 0.214 e. The zero-order chi connectivity index (χ0) is 9.42. The van der Waals surface area contributed by atoms with Crippen LogP contribution in [0.15, 0.2) is 22.7 Å². The van der Waals surface area contributed by atoms with Crippen molar-refractivity contribution in [2.75, 3.05) is 11.4 Å². The Kier molecular flexibility index (Phi) is 1.92. The first-order valence-electron chi connectivity index (χ1n) is 3.77. The molecule has 1 aliphatic rings. The molecule has 13 heavy (non-hydrogen) atoms. The Morgan fingerprint density at radius 1 is 1.46 bits per heavy atom. The van der Waals surface area contributed by atoms with E-state index in [-0.39, 0.29) is 12.3 Å². The molecule has 0 spiro atoms. The summed E-state index contributed by atoms with van der Waals surface area (Å²) >= 11 is 3.28. The molecule has 3 nitrogen and oxygen atoms in total. The third-order valence-corrected chi connectivity index (χ3v) is 2.50.